The summed E-state index contributed by atoms with van der Waals surface area (Å²) in [4.78, 5) is 38.4. The highest BCUT2D eigenvalue weighted by molar-refractivity contribution is 5.96. The average Bonchev–Trinajstić information content (AvgIpc) is 2.99. The van der Waals surface area contributed by atoms with Crippen LogP contribution in [0, 0.1) is 17.2 Å². The summed E-state index contributed by atoms with van der Waals surface area (Å²) >= 11 is 0. The molecule has 1 atom stereocenters. The van der Waals surface area contributed by atoms with Gasteiger partial charge < -0.3 is 24.8 Å². The minimum absolute atomic E-state index is 0.206. The molecule has 10 heteroatoms. The van der Waals surface area contributed by atoms with Crippen LogP contribution in [0.25, 0.3) is 0 Å². The molecule has 2 amide bonds. The smallest absolute Gasteiger partial charge is 0.413 e. The fourth-order valence-corrected chi connectivity index (χ4v) is 6.87. The predicted molar refractivity (Wildman–Crippen MR) is 156 cm³/mol. The highest BCUT2D eigenvalue weighted by atomic mass is 16.5. The highest BCUT2D eigenvalue weighted by Crippen LogP contribution is 2.29. The summed E-state index contributed by atoms with van der Waals surface area (Å²) in [6.07, 6.45) is 13.0. The Kier molecular flexibility index (Phi) is 11.5. The van der Waals surface area contributed by atoms with E-state index in [-0.39, 0.29) is 12.5 Å². The van der Waals surface area contributed by atoms with Crippen molar-refractivity contribution >= 4 is 18.0 Å². The molecule has 2 N–H and O–H groups in total. The molecule has 4 fully saturated rings. The molecule has 3 heterocycles. The molecule has 1 aliphatic carbocycles. The van der Waals surface area contributed by atoms with Crippen LogP contribution < -0.4 is 10.6 Å². The van der Waals surface area contributed by atoms with Crippen molar-refractivity contribution in [3.05, 3.63) is 0 Å². The number of nitrogens with one attached hydrogen (secondary N) is 2. The van der Waals surface area contributed by atoms with Crippen LogP contribution in [0.4, 0.5) is 4.79 Å². The van der Waals surface area contributed by atoms with Gasteiger partial charge in [-0.3, -0.25) is 10.1 Å². The second-order valence-corrected chi connectivity index (χ2v) is 12.4. The third-order valence-electron chi connectivity index (χ3n) is 9.44. The van der Waals surface area contributed by atoms with E-state index in [1.165, 1.54) is 51.6 Å². The molecule has 1 saturated carbocycles. The Balaban J connectivity index is 1.53. The lowest BCUT2D eigenvalue weighted by atomic mass is 9.84. The van der Waals surface area contributed by atoms with Gasteiger partial charge >= 0.3 is 6.09 Å². The van der Waals surface area contributed by atoms with E-state index in [1.54, 1.807) is 6.92 Å². The van der Waals surface area contributed by atoms with Gasteiger partial charge in [-0.1, -0.05) is 38.5 Å². The largest absolute Gasteiger partial charge is 0.450 e. The first-order valence-corrected chi connectivity index (χ1v) is 15.8. The van der Waals surface area contributed by atoms with Crippen LogP contribution in [-0.4, -0.2) is 103 Å². The van der Waals surface area contributed by atoms with Crippen LogP contribution in [0.5, 0.6) is 0 Å². The number of rotatable bonds is 7. The molecule has 4 rings (SSSR count). The summed E-state index contributed by atoms with van der Waals surface area (Å²) in [5.41, 5.74) is -0.870. The minimum Gasteiger partial charge on any atom is -0.450 e. The predicted octanol–water partition coefficient (Wildman–Crippen LogP) is 3.48. The quantitative estimate of drug-likeness (QED) is 0.364. The number of hydrogen-bond acceptors (Lipinski definition) is 7. The Morgan fingerprint density at radius 1 is 0.975 bits per heavy atom. The molecule has 3 saturated heterocycles. The maximum absolute atomic E-state index is 13.9. The molecule has 10 nitrogen and oxygen atoms in total. The van der Waals surface area contributed by atoms with Crippen molar-refractivity contribution in [3.8, 4) is 6.07 Å². The Labute approximate surface area is 240 Å². The number of guanidine groups is 1. The zero-order valence-corrected chi connectivity index (χ0v) is 24.8. The number of hydrogen-bond donors (Lipinski definition) is 2. The van der Waals surface area contributed by atoms with Gasteiger partial charge in [0.05, 0.1) is 12.7 Å². The zero-order chi connectivity index (χ0) is 28.4. The summed E-state index contributed by atoms with van der Waals surface area (Å²) < 4.78 is 5.22. The Hall–Kier alpha value is -2.38. The van der Waals surface area contributed by atoms with Crippen LogP contribution >= 0.6 is 0 Å². The number of nitrogens with zero attached hydrogens (tertiary/aromatic N) is 5. The number of aliphatic imine (C=N–C) groups is 1. The van der Waals surface area contributed by atoms with Crippen molar-refractivity contribution in [1.29, 1.82) is 5.26 Å². The number of alkyl carbamates (subject to hydrolysis) is 1. The Bertz CT molecular complexity index is 891. The number of ether oxygens (including phenoxy) is 1. The standard InChI is InChI=1S/C30H51N7O3/c1-3-40-29(39)33-28(37-18-12-25(13-19-37)36-16-8-5-9-17-36)32-26(22-24-10-6-4-7-11-24)27(38)34-30(23-31)14-20-35(2)21-15-30/h24-26H,3-22H2,1-2H3,(H,34,38)(H,32,33,39)/t26-/m0/s1. The second-order valence-electron chi connectivity index (χ2n) is 12.4. The van der Waals surface area contributed by atoms with Gasteiger partial charge in [0.2, 0.25) is 11.9 Å². The maximum atomic E-state index is 13.9. The van der Waals surface area contributed by atoms with Gasteiger partial charge in [-0.15, -0.1) is 0 Å². The van der Waals surface area contributed by atoms with Gasteiger partial charge in [-0.2, -0.15) is 5.26 Å². The molecule has 40 heavy (non-hydrogen) atoms. The number of likely N-dealkylation sites (tertiary alicyclic amines) is 3. The van der Waals surface area contributed by atoms with Crippen LogP contribution in [-0.2, 0) is 9.53 Å². The minimum atomic E-state index is -0.870. The third-order valence-corrected chi connectivity index (χ3v) is 9.44. The Morgan fingerprint density at radius 3 is 2.25 bits per heavy atom. The van der Waals surface area contributed by atoms with Crippen molar-refractivity contribution in [2.75, 3.05) is 52.9 Å². The number of amides is 2. The van der Waals surface area contributed by atoms with Gasteiger partial charge in [0.25, 0.3) is 0 Å². The third kappa shape index (κ3) is 8.56. The van der Waals surface area contributed by atoms with Crippen LogP contribution in [0.3, 0.4) is 0 Å². The molecule has 0 radical (unpaired) electrons. The van der Waals surface area contributed by atoms with E-state index >= 15 is 0 Å². The zero-order valence-electron chi connectivity index (χ0n) is 24.8. The topological polar surface area (TPSA) is 113 Å². The first kappa shape index (κ1) is 30.6. The van der Waals surface area contributed by atoms with Gasteiger partial charge in [0.1, 0.15) is 11.6 Å². The molecule has 3 aliphatic heterocycles. The fourth-order valence-electron chi connectivity index (χ4n) is 6.87. The first-order chi connectivity index (χ1) is 19.4. The number of piperidine rings is 3. The maximum Gasteiger partial charge on any atom is 0.413 e. The molecular formula is C30H51N7O3. The van der Waals surface area contributed by atoms with Crippen molar-refractivity contribution < 1.29 is 14.3 Å². The van der Waals surface area contributed by atoms with Crippen molar-refractivity contribution in [1.82, 2.24) is 25.3 Å². The van der Waals surface area contributed by atoms with Crippen molar-refractivity contribution in [2.45, 2.75) is 108 Å². The molecule has 0 aromatic heterocycles. The van der Waals surface area contributed by atoms with E-state index in [9.17, 15) is 14.9 Å². The lowest BCUT2D eigenvalue weighted by Crippen LogP contribution is -2.56. The summed E-state index contributed by atoms with van der Waals surface area (Å²) in [6.45, 7) is 7.49. The summed E-state index contributed by atoms with van der Waals surface area (Å²) in [7, 11) is 2.04. The average molecular weight is 558 g/mol. The SMILES string of the molecule is CCOC(=O)NC(=N[C@@H](CC1CCCCC1)C(=O)NC1(C#N)CCN(C)CC1)N1CCC(N2CCCCC2)CC1. The molecule has 224 valence electrons. The van der Waals surface area contributed by atoms with E-state index in [0.29, 0.717) is 37.2 Å². The Morgan fingerprint density at radius 2 is 1.62 bits per heavy atom. The van der Waals surface area contributed by atoms with Crippen molar-refractivity contribution in [3.63, 3.8) is 0 Å². The molecule has 0 spiro atoms. The summed E-state index contributed by atoms with van der Waals surface area (Å²) in [5.74, 6) is 0.640. The van der Waals surface area contributed by atoms with Gasteiger partial charge in [-0.25, -0.2) is 9.79 Å². The lowest BCUT2D eigenvalue weighted by molar-refractivity contribution is -0.124. The number of nitriles is 1. The van der Waals surface area contributed by atoms with E-state index in [2.05, 4.69) is 31.4 Å². The number of carbonyl (C=O) groups excluding carboxylic acids is 2. The molecule has 0 unspecified atom stereocenters. The highest BCUT2D eigenvalue weighted by Gasteiger charge is 2.38. The van der Waals surface area contributed by atoms with E-state index in [1.807, 2.05) is 7.05 Å². The molecule has 0 bridgehead atoms. The monoisotopic (exact) mass is 557 g/mol. The molecule has 4 aliphatic rings. The van der Waals surface area contributed by atoms with E-state index in [0.717, 1.165) is 51.9 Å². The second kappa shape index (κ2) is 15.0. The summed E-state index contributed by atoms with van der Waals surface area (Å²) in [6, 6.07) is 2.31. The van der Waals surface area contributed by atoms with Crippen LogP contribution in [0.1, 0.15) is 90.4 Å². The van der Waals surface area contributed by atoms with Crippen LogP contribution in [0.15, 0.2) is 4.99 Å². The number of carbonyl (C=O) groups is 2. The lowest BCUT2D eigenvalue weighted by Gasteiger charge is -2.41. The normalized spacial score (nSPS) is 24.6. The molecular weight excluding hydrogens is 506 g/mol. The van der Waals surface area contributed by atoms with Gasteiger partial charge in [-0.05, 0) is 77.9 Å². The van der Waals surface area contributed by atoms with Crippen LogP contribution in [0.2, 0.25) is 0 Å². The van der Waals surface area contributed by atoms with Gasteiger partial charge in [0.15, 0.2) is 0 Å². The van der Waals surface area contributed by atoms with Gasteiger partial charge in [0, 0.05) is 32.2 Å². The van der Waals surface area contributed by atoms with Crippen molar-refractivity contribution in [2.24, 2.45) is 10.9 Å². The molecule has 0 aromatic rings. The molecule has 0 aromatic carbocycles. The van der Waals surface area contributed by atoms with E-state index in [4.69, 9.17) is 9.73 Å². The fraction of sp³-hybridized carbons (Fsp3) is 0.867. The first-order valence-electron chi connectivity index (χ1n) is 15.8. The van der Waals surface area contributed by atoms with E-state index < -0.39 is 17.7 Å². The summed E-state index contributed by atoms with van der Waals surface area (Å²) in [5, 5.41) is 16.1.